The van der Waals surface area contributed by atoms with Crippen LogP contribution >= 0.6 is 0 Å². The minimum atomic E-state index is -0.260. The zero-order chi connectivity index (χ0) is 20.1. The Morgan fingerprint density at radius 1 is 1.18 bits per heavy atom. The lowest BCUT2D eigenvalue weighted by Gasteiger charge is -2.36. The lowest BCUT2D eigenvalue weighted by atomic mass is 10.1. The number of aromatic nitrogens is 1. The number of piperazine rings is 1. The molecule has 0 radical (unpaired) electrons. The SMILES string of the molecule is CCC(C)NC(=O)c1ccnc(C(=O)N2CCN(c3ccccc3F)CC2)c1. The summed E-state index contributed by atoms with van der Waals surface area (Å²) in [6.45, 7) is 5.95. The monoisotopic (exact) mass is 384 g/mol. The highest BCUT2D eigenvalue weighted by Crippen LogP contribution is 2.20. The van der Waals surface area contributed by atoms with Crippen molar-refractivity contribution >= 4 is 17.5 Å². The van der Waals surface area contributed by atoms with E-state index < -0.39 is 0 Å². The maximum atomic E-state index is 14.0. The summed E-state index contributed by atoms with van der Waals surface area (Å²) in [6.07, 6.45) is 2.31. The molecule has 148 valence electrons. The standard InChI is InChI=1S/C21H25FN4O2/c1-3-15(2)24-20(27)16-8-9-23-18(14-16)21(28)26-12-10-25(11-13-26)19-7-5-4-6-17(19)22/h4-9,14-15H,3,10-13H2,1-2H3,(H,24,27). The minimum Gasteiger partial charge on any atom is -0.366 e. The number of para-hydroxylation sites is 1. The van der Waals surface area contributed by atoms with Crippen molar-refractivity contribution in [3.8, 4) is 0 Å². The number of anilines is 1. The Morgan fingerprint density at radius 3 is 2.57 bits per heavy atom. The van der Waals surface area contributed by atoms with E-state index in [2.05, 4.69) is 10.3 Å². The number of halogens is 1. The summed E-state index contributed by atoms with van der Waals surface area (Å²) < 4.78 is 14.0. The number of carbonyl (C=O) groups excluding carboxylic acids is 2. The van der Waals surface area contributed by atoms with Gasteiger partial charge in [-0.3, -0.25) is 14.6 Å². The number of hydrogen-bond acceptors (Lipinski definition) is 4. The van der Waals surface area contributed by atoms with Gasteiger partial charge >= 0.3 is 0 Å². The molecule has 1 aliphatic heterocycles. The van der Waals surface area contributed by atoms with Crippen molar-refractivity contribution in [2.75, 3.05) is 31.1 Å². The number of hydrogen-bond donors (Lipinski definition) is 1. The van der Waals surface area contributed by atoms with Gasteiger partial charge in [0.2, 0.25) is 0 Å². The third-order valence-electron chi connectivity index (χ3n) is 4.99. The number of pyridine rings is 1. The molecule has 1 atom stereocenters. The van der Waals surface area contributed by atoms with Crippen LogP contribution in [0.25, 0.3) is 0 Å². The van der Waals surface area contributed by atoms with Gasteiger partial charge in [0, 0.05) is 44.0 Å². The van der Waals surface area contributed by atoms with Gasteiger partial charge < -0.3 is 15.1 Å². The summed E-state index contributed by atoms with van der Waals surface area (Å²) >= 11 is 0. The van der Waals surface area contributed by atoms with E-state index in [1.54, 1.807) is 29.2 Å². The molecular weight excluding hydrogens is 359 g/mol. The number of nitrogens with zero attached hydrogens (tertiary/aromatic N) is 3. The molecule has 0 bridgehead atoms. The summed E-state index contributed by atoms with van der Waals surface area (Å²) in [7, 11) is 0. The van der Waals surface area contributed by atoms with Gasteiger partial charge in [0.15, 0.2) is 0 Å². The fraction of sp³-hybridized carbons (Fsp3) is 0.381. The van der Waals surface area contributed by atoms with Crippen molar-refractivity contribution in [3.63, 3.8) is 0 Å². The number of carbonyl (C=O) groups is 2. The van der Waals surface area contributed by atoms with E-state index in [4.69, 9.17) is 0 Å². The Hall–Kier alpha value is -2.96. The Bertz CT molecular complexity index is 850. The highest BCUT2D eigenvalue weighted by molar-refractivity contribution is 5.98. The van der Waals surface area contributed by atoms with Crippen LogP contribution in [0.15, 0.2) is 42.6 Å². The zero-order valence-corrected chi connectivity index (χ0v) is 16.2. The van der Waals surface area contributed by atoms with Gasteiger partial charge in [-0.2, -0.15) is 0 Å². The Labute approximate surface area is 164 Å². The molecule has 2 amide bonds. The third kappa shape index (κ3) is 4.47. The first-order chi connectivity index (χ1) is 13.5. The van der Waals surface area contributed by atoms with Gasteiger partial charge in [-0.1, -0.05) is 19.1 Å². The first kappa shape index (κ1) is 19.8. The van der Waals surface area contributed by atoms with E-state index >= 15 is 0 Å². The molecule has 1 fully saturated rings. The summed E-state index contributed by atoms with van der Waals surface area (Å²) in [4.78, 5) is 32.9. The topological polar surface area (TPSA) is 65.5 Å². The van der Waals surface area contributed by atoms with E-state index in [1.807, 2.05) is 18.7 Å². The summed E-state index contributed by atoms with van der Waals surface area (Å²) in [5.41, 5.74) is 1.22. The Morgan fingerprint density at radius 2 is 1.89 bits per heavy atom. The van der Waals surface area contributed by atoms with Crippen LogP contribution in [0.2, 0.25) is 0 Å². The van der Waals surface area contributed by atoms with Crippen molar-refractivity contribution < 1.29 is 14.0 Å². The van der Waals surface area contributed by atoms with Crippen LogP contribution in [0.4, 0.5) is 10.1 Å². The fourth-order valence-corrected chi connectivity index (χ4v) is 3.12. The second-order valence-corrected chi connectivity index (χ2v) is 6.94. The molecule has 0 spiro atoms. The van der Waals surface area contributed by atoms with Crippen LogP contribution in [-0.2, 0) is 0 Å². The number of amides is 2. The summed E-state index contributed by atoms with van der Waals surface area (Å²) in [5.74, 6) is -0.689. The number of rotatable bonds is 5. The number of benzene rings is 1. The van der Waals surface area contributed by atoms with E-state index in [0.29, 0.717) is 37.4 Å². The van der Waals surface area contributed by atoms with E-state index in [9.17, 15) is 14.0 Å². The highest BCUT2D eigenvalue weighted by atomic mass is 19.1. The van der Waals surface area contributed by atoms with Crippen molar-refractivity contribution in [2.24, 2.45) is 0 Å². The Balaban J connectivity index is 1.65. The lowest BCUT2D eigenvalue weighted by Crippen LogP contribution is -2.49. The minimum absolute atomic E-state index is 0.0614. The van der Waals surface area contributed by atoms with E-state index in [-0.39, 0.29) is 29.4 Å². The second kappa shape index (κ2) is 8.82. The van der Waals surface area contributed by atoms with Gasteiger partial charge in [-0.05, 0) is 37.6 Å². The quantitative estimate of drug-likeness (QED) is 0.861. The van der Waals surface area contributed by atoms with Gasteiger partial charge in [0.25, 0.3) is 11.8 Å². The number of nitrogens with one attached hydrogen (secondary N) is 1. The first-order valence-electron chi connectivity index (χ1n) is 9.55. The molecule has 3 rings (SSSR count). The van der Waals surface area contributed by atoms with Crippen LogP contribution in [0.5, 0.6) is 0 Å². The molecule has 1 unspecified atom stereocenters. The lowest BCUT2D eigenvalue weighted by molar-refractivity contribution is 0.0740. The molecule has 1 aromatic heterocycles. The molecule has 1 aromatic carbocycles. The smallest absolute Gasteiger partial charge is 0.272 e. The molecule has 0 aliphatic carbocycles. The normalized spacial score (nSPS) is 15.2. The molecule has 1 aliphatic rings. The molecule has 1 N–H and O–H groups in total. The molecule has 2 heterocycles. The van der Waals surface area contributed by atoms with E-state index in [1.165, 1.54) is 18.3 Å². The second-order valence-electron chi connectivity index (χ2n) is 6.94. The summed E-state index contributed by atoms with van der Waals surface area (Å²) in [6, 6.07) is 9.84. The summed E-state index contributed by atoms with van der Waals surface area (Å²) in [5, 5.41) is 2.89. The molecule has 6 nitrogen and oxygen atoms in total. The van der Waals surface area contributed by atoms with Gasteiger partial charge in [-0.15, -0.1) is 0 Å². The van der Waals surface area contributed by atoms with E-state index in [0.717, 1.165) is 6.42 Å². The largest absolute Gasteiger partial charge is 0.366 e. The van der Waals surface area contributed by atoms with Gasteiger partial charge in [-0.25, -0.2) is 4.39 Å². The zero-order valence-electron chi connectivity index (χ0n) is 16.2. The van der Waals surface area contributed by atoms with Crippen LogP contribution in [-0.4, -0.2) is 53.9 Å². The molecule has 0 saturated carbocycles. The van der Waals surface area contributed by atoms with Crippen molar-refractivity contribution in [1.29, 1.82) is 0 Å². The average Bonchev–Trinajstić information content (AvgIpc) is 2.73. The van der Waals surface area contributed by atoms with Crippen LogP contribution in [0.3, 0.4) is 0 Å². The first-order valence-corrected chi connectivity index (χ1v) is 9.55. The molecule has 7 heteroatoms. The average molecular weight is 384 g/mol. The van der Waals surface area contributed by atoms with Crippen molar-refractivity contribution in [2.45, 2.75) is 26.3 Å². The maximum absolute atomic E-state index is 14.0. The molecular formula is C21H25FN4O2. The van der Waals surface area contributed by atoms with Crippen LogP contribution in [0, 0.1) is 5.82 Å². The molecule has 28 heavy (non-hydrogen) atoms. The predicted molar refractivity (Wildman–Crippen MR) is 106 cm³/mol. The maximum Gasteiger partial charge on any atom is 0.272 e. The van der Waals surface area contributed by atoms with Gasteiger partial charge in [0.1, 0.15) is 11.5 Å². The fourth-order valence-electron chi connectivity index (χ4n) is 3.12. The van der Waals surface area contributed by atoms with Crippen molar-refractivity contribution in [1.82, 2.24) is 15.2 Å². The highest BCUT2D eigenvalue weighted by Gasteiger charge is 2.24. The molecule has 1 saturated heterocycles. The van der Waals surface area contributed by atoms with Crippen LogP contribution < -0.4 is 10.2 Å². The van der Waals surface area contributed by atoms with Crippen LogP contribution in [0.1, 0.15) is 41.1 Å². The third-order valence-corrected chi connectivity index (χ3v) is 4.99. The predicted octanol–water partition coefficient (Wildman–Crippen LogP) is 2.71. The molecule has 2 aromatic rings. The van der Waals surface area contributed by atoms with Gasteiger partial charge in [0.05, 0.1) is 5.69 Å². The Kier molecular flexibility index (Phi) is 6.23. The van der Waals surface area contributed by atoms with Crippen molar-refractivity contribution in [3.05, 3.63) is 59.7 Å².